The second-order valence-electron chi connectivity index (χ2n) is 4.64. The van der Waals surface area contributed by atoms with Gasteiger partial charge in [0, 0.05) is 16.5 Å². The molecule has 0 aliphatic rings. The van der Waals surface area contributed by atoms with E-state index < -0.39 is 5.97 Å². The lowest BCUT2D eigenvalue weighted by Crippen LogP contribution is -2.14. The lowest BCUT2D eigenvalue weighted by molar-refractivity contribution is 0.0603. The van der Waals surface area contributed by atoms with E-state index in [1.165, 1.54) is 24.7 Å². The van der Waals surface area contributed by atoms with Crippen molar-refractivity contribution in [2.75, 3.05) is 12.4 Å². The van der Waals surface area contributed by atoms with Gasteiger partial charge in [0.15, 0.2) is 0 Å². The average Bonchev–Trinajstić information content (AvgIpc) is 3.24. The first-order valence-electron chi connectivity index (χ1n) is 6.80. The van der Waals surface area contributed by atoms with Crippen LogP contribution < -0.4 is 5.32 Å². The molecule has 0 atom stereocenters. The number of carbonyl (C=O) groups excluding carboxylic acids is 2. The minimum atomic E-state index is -0.527. The van der Waals surface area contributed by atoms with Gasteiger partial charge in [-0.05, 0) is 24.3 Å². The van der Waals surface area contributed by atoms with E-state index in [9.17, 15) is 9.59 Å². The highest BCUT2D eigenvalue weighted by Crippen LogP contribution is 2.36. The molecular weight excluding hydrogens is 314 g/mol. The quantitative estimate of drug-likeness (QED) is 0.734. The molecule has 3 rings (SSSR count). The van der Waals surface area contributed by atoms with Crippen LogP contribution in [0.2, 0.25) is 0 Å². The van der Waals surface area contributed by atoms with Crippen LogP contribution in [0.4, 0.5) is 5.00 Å². The summed E-state index contributed by atoms with van der Waals surface area (Å²) in [5, 5.41) is 4.94. The maximum absolute atomic E-state index is 12.3. The molecule has 0 aliphatic heterocycles. The van der Waals surface area contributed by atoms with E-state index in [2.05, 4.69) is 5.32 Å². The van der Waals surface area contributed by atoms with Crippen molar-refractivity contribution in [1.29, 1.82) is 0 Å². The van der Waals surface area contributed by atoms with Crippen molar-refractivity contribution in [3.05, 3.63) is 65.2 Å². The van der Waals surface area contributed by atoms with Crippen molar-refractivity contribution in [2.45, 2.75) is 0 Å². The summed E-state index contributed by atoms with van der Waals surface area (Å²) in [6.45, 7) is 0. The van der Waals surface area contributed by atoms with Crippen molar-refractivity contribution in [2.24, 2.45) is 0 Å². The van der Waals surface area contributed by atoms with E-state index >= 15 is 0 Å². The second kappa shape index (κ2) is 6.50. The predicted molar refractivity (Wildman–Crippen MR) is 87.8 cm³/mol. The van der Waals surface area contributed by atoms with Crippen molar-refractivity contribution in [1.82, 2.24) is 0 Å². The molecule has 0 bridgehead atoms. The van der Waals surface area contributed by atoms with E-state index in [0.717, 1.165) is 0 Å². The van der Waals surface area contributed by atoms with Gasteiger partial charge in [0.1, 0.15) is 16.3 Å². The van der Waals surface area contributed by atoms with E-state index in [0.29, 0.717) is 21.9 Å². The SMILES string of the molecule is COC(=O)c1c(-c2ccco2)csc1NC(=O)c1ccccc1. The number of nitrogens with one attached hydrogen (secondary N) is 1. The van der Waals surface area contributed by atoms with Crippen LogP contribution in [0.1, 0.15) is 20.7 Å². The Morgan fingerprint density at radius 1 is 1.13 bits per heavy atom. The topological polar surface area (TPSA) is 68.5 Å². The Labute approximate surface area is 136 Å². The molecule has 0 spiro atoms. The smallest absolute Gasteiger partial charge is 0.341 e. The molecule has 2 aromatic heterocycles. The molecule has 3 aromatic rings. The number of hydrogen-bond acceptors (Lipinski definition) is 5. The highest BCUT2D eigenvalue weighted by atomic mass is 32.1. The number of methoxy groups -OCH3 is 1. The molecule has 5 nitrogen and oxygen atoms in total. The number of ether oxygens (including phenoxy) is 1. The van der Waals surface area contributed by atoms with Crippen LogP contribution in [0.15, 0.2) is 58.5 Å². The molecule has 0 radical (unpaired) electrons. The Morgan fingerprint density at radius 3 is 2.57 bits per heavy atom. The van der Waals surface area contributed by atoms with E-state index in [1.54, 1.807) is 41.8 Å². The van der Waals surface area contributed by atoms with Gasteiger partial charge in [-0.1, -0.05) is 18.2 Å². The lowest BCUT2D eigenvalue weighted by Gasteiger charge is -2.06. The van der Waals surface area contributed by atoms with Gasteiger partial charge in [-0.25, -0.2) is 4.79 Å². The van der Waals surface area contributed by atoms with Gasteiger partial charge in [-0.15, -0.1) is 11.3 Å². The number of hydrogen-bond donors (Lipinski definition) is 1. The minimum Gasteiger partial charge on any atom is -0.465 e. The van der Waals surface area contributed by atoms with Gasteiger partial charge in [0.25, 0.3) is 5.91 Å². The van der Waals surface area contributed by atoms with Crippen LogP contribution >= 0.6 is 11.3 Å². The first-order chi connectivity index (χ1) is 11.2. The first-order valence-corrected chi connectivity index (χ1v) is 7.68. The van der Waals surface area contributed by atoms with Crippen LogP contribution in [0.3, 0.4) is 0 Å². The summed E-state index contributed by atoms with van der Waals surface area (Å²) < 4.78 is 10.2. The fourth-order valence-corrected chi connectivity index (χ4v) is 3.07. The summed E-state index contributed by atoms with van der Waals surface area (Å²) >= 11 is 1.25. The molecule has 116 valence electrons. The monoisotopic (exact) mass is 327 g/mol. The summed E-state index contributed by atoms with van der Waals surface area (Å²) in [4.78, 5) is 24.4. The summed E-state index contributed by atoms with van der Waals surface area (Å²) in [7, 11) is 1.30. The van der Waals surface area contributed by atoms with E-state index in [-0.39, 0.29) is 11.5 Å². The molecule has 23 heavy (non-hydrogen) atoms. The number of rotatable bonds is 4. The van der Waals surface area contributed by atoms with Gasteiger partial charge in [0.2, 0.25) is 0 Å². The molecule has 0 saturated heterocycles. The van der Waals surface area contributed by atoms with Crippen LogP contribution in [-0.4, -0.2) is 19.0 Å². The second-order valence-corrected chi connectivity index (χ2v) is 5.52. The summed E-state index contributed by atoms with van der Waals surface area (Å²) in [6, 6.07) is 12.3. The molecular formula is C17H13NO4S. The number of furan rings is 1. The summed E-state index contributed by atoms with van der Waals surface area (Å²) in [5.74, 6) is -0.272. The van der Waals surface area contributed by atoms with Crippen molar-refractivity contribution in [3.63, 3.8) is 0 Å². The lowest BCUT2D eigenvalue weighted by atomic mass is 10.1. The normalized spacial score (nSPS) is 10.3. The highest BCUT2D eigenvalue weighted by Gasteiger charge is 2.23. The molecule has 6 heteroatoms. The van der Waals surface area contributed by atoms with Crippen molar-refractivity contribution < 1.29 is 18.7 Å². The van der Waals surface area contributed by atoms with Crippen LogP contribution in [0.25, 0.3) is 11.3 Å². The molecule has 1 aromatic carbocycles. The van der Waals surface area contributed by atoms with Crippen LogP contribution in [0.5, 0.6) is 0 Å². The van der Waals surface area contributed by atoms with Gasteiger partial charge in [-0.2, -0.15) is 0 Å². The average molecular weight is 327 g/mol. The Bertz CT molecular complexity index is 822. The zero-order valence-electron chi connectivity index (χ0n) is 12.2. The van der Waals surface area contributed by atoms with Crippen LogP contribution in [-0.2, 0) is 4.74 Å². The van der Waals surface area contributed by atoms with Crippen molar-refractivity contribution in [3.8, 4) is 11.3 Å². The largest absolute Gasteiger partial charge is 0.465 e. The minimum absolute atomic E-state index is 0.288. The zero-order chi connectivity index (χ0) is 16.2. The standard InChI is InChI=1S/C17H13NO4S/c1-21-17(20)14-12(13-8-5-9-22-13)10-23-16(14)18-15(19)11-6-3-2-4-7-11/h2-10H,1H3,(H,18,19). The number of anilines is 1. The van der Waals surface area contributed by atoms with Crippen LogP contribution in [0, 0.1) is 0 Å². The summed E-state index contributed by atoms with van der Waals surface area (Å²) in [5.41, 5.74) is 1.39. The van der Waals surface area contributed by atoms with Gasteiger partial charge in [-0.3, -0.25) is 4.79 Å². The number of benzene rings is 1. The third kappa shape index (κ3) is 3.02. The molecule has 1 amide bonds. The molecule has 0 unspecified atom stereocenters. The third-order valence-electron chi connectivity index (χ3n) is 3.23. The Kier molecular flexibility index (Phi) is 4.25. The predicted octanol–water partition coefficient (Wildman–Crippen LogP) is 4.05. The molecule has 0 fully saturated rings. The zero-order valence-corrected chi connectivity index (χ0v) is 13.1. The third-order valence-corrected chi connectivity index (χ3v) is 4.13. The Balaban J connectivity index is 1.96. The van der Waals surface area contributed by atoms with Gasteiger partial charge in [0.05, 0.1) is 13.4 Å². The van der Waals surface area contributed by atoms with Gasteiger partial charge < -0.3 is 14.5 Å². The number of carbonyl (C=O) groups is 2. The first kappa shape index (κ1) is 15.1. The summed E-state index contributed by atoms with van der Waals surface area (Å²) in [6.07, 6.45) is 1.52. The highest BCUT2D eigenvalue weighted by molar-refractivity contribution is 7.15. The Morgan fingerprint density at radius 2 is 1.91 bits per heavy atom. The Hall–Kier alpha value is -2.86. The fourth-order valence-electron chi connectivity index (χ4n) is 2.13. The van der Waals surface area contributed by atoms with E-state index in [1.807, 2.05) is 6.07 Å². The number of amides is 1. The molecule has 1 N–H and O–H groups in total. The fraction of sp³-hybridized carbons (Fsp3) is 0.0588. The molecule has 0 aliphatic carbocycles. The van der Waals surface area contributed by atoms with Gasteiger partial charge >= 0.3 is 5.97 Å². The van der Waals surface area contributed by atoms with Crippen molar-refractivity contribution >= 4 is 28.2 Å². The number of thiophene rings is 1. The molecule has 0 saturated carbocycles. The molecule has 2 heterocycles. The maximum atomic E-state index is 12.3. The maximum Gasteiger partial charge on any atom is 0.341 e. The van der Waals surface area contributed by atoms with E-state index in [4.69, 9.17) is 9.15 Å². The number of esters is 1.